The van der Waals surface area contributed by atoms with Crippen molar-refractivity contribution >= 4 is 15.9 Å². The summed E-state index contributed by atoms with van der Waals surface area (Å²) in [5, 5.41) is 7.20. The summed E-state index contributed by atoms with van der Waals surface area (Å²) in [6, 6.07) is -0.598. The molecule has 24 heavy (non-hydrogen) atoms. The minimum atomic E-state index is -3.13. The van der Waals surface area contributed by atoms with Gasteiger partial charge < -0.3 is 10.2 Å². The first-order chi connectivity index (χ1) is 11.4. The molecule has 1 atom stereocenters. The van der Waals surface area contributed by atoms with Gasteiger partial charge in [0.1, 0.15) is 0 Å². The maximum Gasteiger partial charge on any atom is 0.317 e. The number of nitrogens with one attached hydrogen (secondary N) is 1. The van der Waals surface area contributed by atoms with Crippen LogP contribution in [-0.2, 0) is 16.9 Å². The second-order valence-electron chi connectivity index (χ2n) is 7.57. The maximum absolute atomic E-state index is 12.7. The molecular weight excluding hydrogens is 328 g/mol. The number of carbonyl (C=O) groups excluding carboxylic acids is 1. The van der Waals surface area contributed by atoms with E-state index in [0.29, 0.717) is 5.41 Å². The molecule has 2 amide bonds. The lowest BCUT2D eigenvalue weighted by Crippen LogP contribution is -2.51. The Bertz CT molecular complexity index is 749. The van der Waals surface area contributed by atoms with E-state index in [1.807, 2.05) is 0 Å². The Labute approximate surface area is 142 Å². The van der Waals surface area contributed by atoms with Crippen LogP contribution in [0.15, 0.2) is 12.4 Å². The van der Waals surface area contributed by atoms with Gasteiger partial charge in [-0.1, -0.05) is 0 Å². The van der Waals surface area contributed by atoms with E-state index >= 15 is 0 Å². The van der Waals surface area contributed by atoms with Gasteiger partial charge in [-0.2, -0.15) is 5.10 Å². The third-order valence-corrected chi connectivity index (χ3v) is 7.36. The molecule has 1 saturated heterocycles. The quantitative estimate of drug-likeness (QED) is 0.879. The summed E-state index contributed by atoms with van der Waals surface area (Å²) >= 11 is 0. The number of hydrogen-bond acceptors (Lipinski definition) is 4. The van der Waals surface area contributed by atoms with Crippen molar-refractivity contribution in [2.75, 3.05) is 24.6 Å². The van der Waals surface area contributed by atoms with Crippen LogP contribution in [0.4, 0.5) is 4.79 Å². The Morgan fingerprint density at radius 1 is 1.42 bits per heavy atom. The molecule has 0 aromatic carbocycles. The molecule has 0 radical (unpaired) electrons. The molecule has 3 aliphatic rings. The maximum atomic E-state index is 12.7. The van der Waals surface area contributed by atoms with Gasteiger partial charge in [0.25, 0.3) is 0 Å². The molecule has 8 heteroatoms. The SMILES string of the molecule is Cn1cc([C@@H]2CS(=O)(=O)CCN2C(=O)NCC2(C3CC3)CC2)cn1. The summed E-state index contributed by atoms with van der Waals surface area (Å²) in [6.45, 7) is 0.962. The number of hydrogen-bond donors (Lipinski definition) is 1. The number of nitrogens with zero attached hydrogens (tertiary/aromatic N) is 3. The highest BCUT2D eigenvalue weighted by atomic mass is 32.2. The molecule has 1 aromatic rings. The number of carbonyl (C=O) groups is 1. The summed E-state index contributed by atoms with van der Waals surface area (Å²) in [5.74, 6) is 0.791. The third kappa shape index (κ3) is 3.03. The van der Waals surface area contributed by atoms with Crippen molar-refractivity contribution in [2.24, 2.45) is 18.4 Å². The fourth-order valence-corrected chi connectivity index (χ4v) is 5.37. The van der Waals surface area contributed by atoms with Crippen molar-refractivity contribution in [3.05, 3.63) is 18.0 Å². The Hall–Kier alpha value is -1.57. The molecule has 132 valence electrons. The van der Waals surface area contributed by atoms with E-state index in [1.54, 1.807) is 29.0 Å². The zero-order valence-corrected chi connectivity index (χ0v) is 14.8. The molecule has 4 rings (SSSR count). The van der Waals surface area contributed by atoms with Crippen molar-refractivity contribution in [2.45, 2.75) is 31.7 Å². The highest BCUT2D eigenvalue weighted by Gasteiger charge is 2.53. The van der Waals surface area contributed by atoms with Crippen LogP contribution in [0.2, 0.25) is 0 Å². The van der Waals surface area contributed by atoms with Crippen LogP contribution in [0, 0.1) is 11.3 Å². The summed E-state index contributed by atoms with van der Waals surface area (Å²) in [5.41, 5.74) is 1.11. The van der Waals surface area contributed by atoms with Crippen molar-refractivity contribution in [3.8, 4) is 0 Å². The van der Waals surface area contributed by atoms with E-state index in [2.05, 4.69) is 10.4 Å². The van der Waals surface area contributed by atoms with E-state index in [9.17, 15) is 13.2 Å². The highest BCUT2D eigenvalue weighted by Crippen LogP contribution is 2.60. The largest absolute Gasteiger partial charge is 0.337 e. The minimum absolute atomic E-state index is 0.0279. The monoisotopic (exact) mass is 352 g/mol. The zero-order valence-electron chi connectivity index (χ0n) is 13.9. The van der Waals surface area contributed by atoms with Gasteiger partial charge in [-0.15, -0.1) is 0 Å². The van der Waals surface area contributed by atoms with Crippen molar-refractivity contribution < 1.29 is 13.2 Å². The van der Waals surface area contributed by atoms with E-state index < -0.39 is 15.9 Å². The molecule has 1 N–H and O–H groups in total. The molecular formula is C16H24N4O3S. The fourth-order valence-electron chi connectivity index (χ4n) is 3.88. The van der Waals surface area contributed by atoms with E-state index in [1.165, 1.54) is 25.7 Å². The molecule has 2 saturated carbocycles. The molecule has 2 aliphatic carbocycles. The number of sulfone groups is 1. The van der Waals surface area contributed by atoms with Crippen LogP contribution in [-0.4, -0.2) is 53.7 Å². The lowest BCUT2D eigenvalue weighted by Gasteiger charge is -2.35. The summed E-state index contributed by atoms with van der Waals surface area (Å²) in [7, 11) is -1.34. The van der Waals surface area contributed by atoms with Crippen molar-refractivity contribution in [1.29, 1.82) is 0 Å². The first-order valence-electron chi connectivity index (χ1n) is 8.62. The summed E-state index contributed by atoms with van der Waals surface area (Å²) < 4.78 is 25.7. The molecule has 0 spiro atoms. The van der Waals surface area contributed by atoms with Gasteiger partial charge in [0.2, 0.25) is 0 Å². The van der Waals surface area contributed by atoms with Crippen molar-refractivity contribution in [3.63, 3.8) is 0 Å². The number of amides is 2. The summed E-state index contributed by atoms with van der Waals surface area (Å²) in [4.78, 5) is 14.4. The standard InChI is InChI=1S/C16H24N4O3S/c1-19-9-12(8-18-19)14-10-24(22,23)7-6-20(14)15(21)17-11-16(4-5-16)13-2-3-13/h8-9,13-14H,2-7,10-11H2,1H3,(H,17,21)/t14-/m0/s1. The predicted octanol–water partition coefficient (Wildman–Crippen LogP) is 1.09. The normalized spacial score (nSPS) is 27.7. The lowest BCUT2D eigenvalue weighted by molar-refractivity contribution is 0.177. The molecule has 0 bridgehead atoms. The van der Waals surface area contributed by atoms with Crippen LogP contribution >= 0.6 is 0 Å². The van der Waals surface area contributed by atoms with Crippen LogP contribution in [0.25, 0.3) is 0 Å². The zero-order chi connectivity index (χ0) is 16.9. The van der Waals surface area contributed by atoms with Gasteiger partial charge in [0.15, 0.2) is 9.84 Å². The van der Waals surface area contributed by atoms with Crippen molar-refractivity contribution in [1.82, 2.24) is 20.0 Å². The highest BCUT2D eigenvalue weighted by molar-refractivity contribution is 7.91. The fraction of sp³-hybridized carbons (Fsp3) is 0.750. The van der Waals surface area contributed by atoms with Gasteiger partial charge in [0.05, 0.1) is 23.7 Å². The average Bonchev–Trinajstić information content (AvgIpc) is 3.42. The van der Waals surface area contributed by atoms with Gasteiger partial charge in [-0.25, -0.2) is 13.2 Å². The van der Waals surface area contributed by atoms with Gasteiger partial charge in [0, 0.05) is 31.9 Å². The lowest BCUT2D eigenvalue weighted by atomic mass is 10.0. The first-order valence-corrected chi connectivity index (χ1v) is 10.4. The first kappa shape index (κ1) is 15.9. The Morgan fingerprint density at radius 2 is 2.17 bits per heavy atom. The Morgan fingerprint density at radius 3 is 2.75 bits per heavy atom. The van der Waals surface area contributed by atoms with Crippen LogP contribution in [0.3, 0.4) is 0 Å². The number of urea groups is 1. The molecule has 3 fully saturated rings. The van der Waals surface area contributed by atoms with Crippen LogP contribution in [0.1, 0.15) is 37.3 Å². The van der Waals surface area contributed by atoms with Gasteiger partial charge >= 0.3 is 6.03 Å². The number of aromatic nitrogens is 2. The molecule has 0 unspecified atom stereocenters. The van der Waals surface area contributed by atoms with E-state index in [-0.39, 0.29) is 24.1 Å². The van der Waals surface area contributed by atoms with Gasteiger partial charge in [-0.3, -0.25) is 4.68 Å². The molecule has 2 heterocycles. The van der Waals surface area contributed by atoms with E-state index in [0.717, 1.165) is 18.0 Å². The third-order valence-electron chi connectivity index (χ3n) is 5.73. The molecule has 1 aromatic heterocycles. The van der Waals surface area contributed by atoms with Gasteiger partial charge in [-0.05, 0) is 37.0 Å². The number of aryl methyl sites for hydroxylation is 1. The smallest absolute Gasteiger partial charge is 0.317 e. The van der Waals surface area contributed by atoms with Crippen LogP contribution in [0.5, 0.6) is 0 Å². The second kappa shape index (κ2) is 5.47. The minimum Gasteiger partial charge on any atom is -0.337 e. The van der Waals surface area contributed by atoms with Crippen LogP contribution < -0.4 is 5.32 Å². The molecule has 7 nitrogen and oxygen atoms in total. The topological polar surface area (TPSA) is 84.3 Å². The Kier molecular flexibility index (Phi) is 3.63. The van der Waals surface area contributed by atoms with E-state index in [4.69, 9.17) is 0 Å². The molecule has 1 aliphatic heterocycles. The Balaban J connectivity index is 1.47. The summed E-state index contributed by atoms with van der Waals surface area (Å²) in [6.07, 6.45) is 8.43. The predicted molar refractivity (Wildman–Crippen MR) is 89.1 cm³/mol. The second-order valence-corrected chi connectivity index (χ2v) is 9.79. The number of rotatable bonds is 4. The average molecular weight is 352 g/mol.